The Hall–Kier alpha value is -2.26. The van der Waals surface area contributed by atoms with Crippen molar-refractivity contribution >= 4 is 15.9 Å². The number of nitrogens with zero attached hydrogens (tertiary/aromatic N) is 3. The Kier molecular flexibility index (Phi) is 7.25. The van der Waals surface area contributed by atoms with Crippen LogP contribution in [0, 0.1) is 0 Å². The van der Waals surface area contributed by atoms with Crippen LogP contribution in [0.3, 0.4) is 0 Å². The maximum Gasteiger partial charge on any atom is 0.243 e. The Morgan fingerprint density at radius 1 is 0.886 bits per heavy atom. The van der Waals surface area contributed by atoms with E-state index in [-0.39, 0.29) is 5.91 Å². The summed E-state index contributed by atoms with van der Waals surface area (Å²) in [6.07, 6.45) is 3.55. The van der Waals surface area contributed by atoms with Gasteiger partial charge in [-0.2, -0.15) is 4.31 Å². The monoisotopic (exact) mass is 497 g/mol. The normalized spacial score (nSPS) is 23.9. The van der Waals surface area contributed by atoms with E-state index >= 15 is 0 Å². The third-order valence-electron chi connectivity index (χ3n) is 7.84. The summed E-state index contributed by atoms with van der Waals surface area (Å²) in [4.78, 5) is 18.8. The molecule has 3 aliphatic heterocycles. The summed E-state index contributed by atoms with van der Waals surface area (Å²) in [5, 5.41) is 0. The minimum atomic E-state index is -3.57. The second-order valence-electron chi connectivity index (χ2n) is 9.89. The molecule has 0 unspecified atom stereocenters. The number of piperazine rings is 1. The summed E-state index contributed by atoms with van der Waals surface area (Å²) in [6.45, 7) is 5.57. The molecule has 0 aliphatic carbocycles. The van der Waals surface area contributed by atoms with E-state index < -0.39 is 15.4 Å². The first-order valence-corrected chi connectivity index (χ1v) is 14.2. The molecule has 0 N–H and O–H groups in total. The number of piperidine rings is 1. The second kappa shape index (κ2) is 10.4. The Morgan fingerprint density at radius 3 is 2.11 bits per heavy atom. The maximum absolute atomic E-state index is 14.1. The Balaban J connectivity index is 1.30. The molecule has 3 heterocycles. The summed E-state index contributed by atoms with van der Waals surface area (Å²) < 4.78 is 33.7. The molecule has 5 rings (SSSR count). The van der Waals surface area contributed by atoms with Crippen LogP contribution < -0.4 is 0 Å². The summed E-state index contributed by atoms with van der Waals surface area (Å²) in [7, 11) is -3.57. The standard InChI is InChI=1S/C27H35N3O4S/c31-26(29-19-17-28(18-20-29)22-24-10-7-21-34-24)27(23-8-3-1-4-9-23)13-15-30(16-14-27)35(32,33)25-11-5-2-6-12-25/h1-6,8-9,11-12,24H,7,10,13-22H2/t24-/m0/s1. The molecular weight excluding hydrogens is 462 g/mol. The molecule has 0 aromatic heterocycles. The van der Waals surface area contributed by atoms with Crippen molar-refractivity contribution in [1.82, 2.24) is 14.1 Å². The molecule has 3 saturated heterocycles. The predicted octanol–water partition coefficient (Wildman–Crippen LogP) is 2.73. The first-order chi connectivity index (χ1) is 17.0. The largest absolute Gasteiger partial charge is 0.377 e. The molecule has 1 atom stereocenters. The molecule has 188 valence electrons. The van der Waals surface area contributed by atoms with Gasteiger partial charge in [0.05, 0.1) is 16.4 Å². The van der Waals surface area contributed by atoms with Gasteiger partial charge in [-0.1, -0.05) is 48.5 Å². The van der Waals surface area contributed by atoms with E-state index in [1.54, 1.807) is 24.3 Å². The van der Waals surface area contributed by atoms with Crippen LogP contribution in [0.25, 0.3) is 0 Å². The van der Waals surface area contributed by atoms with E-state index in [2.05, 4.69) is 4.90 Å². The summed E-state index contributed by atoms with van der Waals surface area (Å²) >= 11 is 0. The minimum absolute atomic E-state index is 0.136. The van der Waals surface area contributed by atoms with Crippen LogP contribution >= 0.6 is 0 Å². The zero-order valence-corrected chi connectivity index (χ0v) is 21.0. The predicted molar refractivity (Wildman–Crippen MR) is 135 cm³/mol. The van der Waals surface area contributed by atoms with Gasteiger partial charge < -0.3 is 9.64 Å². The van der Waals surface area contributed by atoms with Gasteiger partial charge >= 0.3 is 0 Å². The van der Waals surface area contributed by atoms with Crippen LogP contribution in [0.2, 0.25) is 0 Å². The molecule has 3 aliphatic rings. The highest BCUT2D eigenvalue weighted by Crippen LogP contribution is 2.39. The highest BCUT2D eigenvalue weighted by molar-refractivity contribution is 7.89. The van der Waals surface area contributed by atoms with E-state index in [1.807, 2.05) is 41.3 Å². The lowest BCUT2D eigenvalue weighted by Gasteiger charge is -2.45. The smallest absolute Gasteiger partial charge is 0.243 e. The molecule has 0 saturated carbocycles. The van der Waals surface area contributed by atoms with Crippen LogP contribution in [0.4, 0.5) is 0 Å². The number of sulfonamides is 1. The van der Waals surface area contributed by atoms with Gasteiger partial charge in [0.1, 0.15) is 0 Å². The summed E-state index contributed by atoms with van der Waals surface area (Å²) in [5.41, 5.74) is 0.296. The van der Waals surface area contributed by atoms with E-state index in [0.717, 1.165) is 44.6 Å². The molecule has 35 heavy (non-hydrogen) atoms. The fourth-order valence-electron chi connectivity index (χ4n) is 5.75. The van der Waals surface area contributed by atoms with E-state index in [1.165, 1.54) is 4.31 Å². The maximum atomic E-state index is 14.1. The van der Waals surface area contributed by atoms with E-state index in [0.29, 0.717) is 50.0 Å². The molecular formula is C27H35N3O4S. The minimum Gasteiger partial charge on any atom is -0.377 e. The zero-order chi connectivity index (χ0) is 24.3. The molecule has 0 spiro atoms. The molecule has 8 heteroatoms. The molecule has 3 fully saturated rings. The third-order valence-corrected chi connectivity index (χ3v) is 9.75. The van der Waals surface area contributed by atoms with Gasteiger partial charge in [-0.25, -0.2) is 8.42 Å². The fraction of sp³-hybridized carbons (Fsp3) is 0.519. The summed E-state index contributed by atoms with van der Waals surface area (Å²) in [6, 6.07) is 18.5. The molecule has 0 radical (unpaired) electrons. The van der Waals surface area contributed by atoms with Crippen LogP contribution in [-0.2, 0) is 25.0 Å². The number of amides is 1. The van der Waals surface area contributed by atoms with Gasteiger partial charge in [-0.05, 0) is 43.4 Å². The van der Waals surface area contributed by atoms with Gasteiger partial charge in [0.2, 0.25) is 15.9 Å². The Morgan fingerprint density at radius 2 is 1.51 bits per heavy atom. The fourth-order valence-corrected chi connectivity index (χ4v) is 7.21. The van der Waals surface area contributed by atoms with Gasteiger partial charge in [0.15, 0.2) is 0 Å². The number of carbonyl (C=O) groups excluding carboxylic acids is 1. The molecule has 1 amide bonds. The number of hydrogen-bond donors (Lipinski definition) is 0. The average molecular weight is 498 g/mol. The SMILES string of the molecule is O=C(N1CCN(C[C@@H]2CCCO2)CC1)C1(c2ccccc2)CCN(S(=O)(=O)c2ccccc2)CC1. The van der Waals surface area contributed by atoms with Crippen LogP contribution in [0.1, 0.15) is 31.2 Å². The van der Waals surface area contributed by atoms with E-state index in [9.17, 15) is 13.2 Å². The summed E-state index contributed by atoms with van der Waals surface area (Å²) in [5.74, 6) is 0.136. The lowest BCUT2D eigenvalue weighted by molar-refractivity contribution is -0.141. The van der Waals surface area contributed by atoms with Gasteiger partial charge in [0, 0.05) is 52.4 Å². The molecule has 7 nitrogen and oxygen atoms in total. The zero-order valence-electron chi connectivity index (χ0n) is 20.2. The van der Waals surface area contributed by atoms with Crippen molar-refractivity contribution in [2.45, 2.75) is 42.1 Å². The topological polar surface area (TPSA) is 70.2 Å². The quantitative estimate of drug-likeness (QED) is 0.614. The van der Waals surface area contributed by atoms with Crippen molar-refractivity contribution in [2.75, 3.05) is 52.4 Å². The first-order valence-electron chi connectivity index (χ1n) is 12.7. The van der Waals surface area contributed by atoms with Crippen LogP contribution in [-0.4, -0.2) is 87.0 Å². The highest BCUT2D eigenvalue weighted by Gasteiger charge is 2.47. The van der Waals surface area contributed by atoms with Gasteiger partial charge in [-0.15, -0.1) is 0 Å². The molecule has 2 aromatic rings. The van der Waals surface area contributed by atoms with Crippen molar-refractivity contribution in [3.8, 4) is 0 Å². The number of rotatable bonds is 6. The molecule has 2 aromatic carbocycles. The number of hydrogen-bond acceptors (Lipinski definition) is 5. The van der Waals surface area contributed by atoms with Gasteiger partial charge in [0.25, 0.3) is 0 Å². The average Bonchev–Trinajstić information content (AvgIpc) is 3.43. The lowest BCUT2D eigenvalue weighted by atomic mass is 9.72. The second-order valence-corrected chi connectivity index (χ2v) is 11.8. The van der Waals surface area contributed by atoms with Crippen LogP contribution in [0.15, 0.2) is 65.6 Å². The van der Waals surface area contributed by atoms with Crippen molar-refractivity contribution in [3.63, 3.8) is 0 Å². The van der Waals surface area contributed by atoms with Crippen molar-refractivity contribution < 1.29 is 17.9 Å². The highest BCUT2D eigenvalue weighted by atomic mass is 32.2. The number of carbonyl (C=O) groups is 1. The van der Waals surface area contributed by atoms with Crippen molar-refractivity contribution in [3.05, 3.63) is 66.2 Å². The first kappa shape index (κ1) is 24.4. The number of benzene rings is 2. The van der Waals surface area contributed by atoms with Crippen molar-refractivity contribution in [2.24, 2.45) is 0 Å². The third kappa shape index (κ3) is 5.03. The van der Waals surface area contributed by atoms with Crippen molar-refractivity contribution in [1.29, 1.82) is 0 Å². The van der Waals surface area contributed by atoms with Gasteiger partial charge in [-0.3, -0.25) is 9.69 Å². The molecule has 0 bridgehead atoms. The Bertz CT molecular complexity index is 1090. The number of ether oxygens (including phenoxy) is 1. The lowest BCUT2D eigenvalue weighted by Crippen LogP contribution is -2.58. The Labute approximate surface area is 208 Å². The van der Waals surface area contributed by atoms with E-state index in [4.69, 9.17) is 4.74 Å². The van der Waals surface area contributed by atoms with Crippen LogP contribution in [0.5, 0.6) is 0 Å².